The van der Waals surface area contributed by atoms with Crippen molar-refractivity contribution in [3.63, 3.8) is 0 Å². The van der Waals surface area contributed by atoms with E-state index in [1.165, 1.54) is 38.2 Å². The van der Waals surface area contributed by atoms with Crippen LogP contribution in [0.25, 0.3) is 0 Å². The highest BCUT2D eigenvalue weighted by Crippen LogP contribution is 2.46. The SMILES string of the molecule is CCCC1CC[C]2OC2C1. The second kappa shape index (κ2) is 2.54. The molecular formula is C9H15O. The highest BCUT2D eigenvalue weighted by molar-refractivity contribution is 5.07. The molecule has 0 N–H and O–H groups in total. The van der Waals surface area contributed by atoms with E-state index in [4.69, 9.17) is 4.74 Å². The molecule has 1 nitrogen and oxygen atoms in total. The average molecular weight is 139 g/mol. The van der Waals surface area contributed by atoms with Crippen LogP contribution in [-0.2, 0) is 4.74 Å². The molecule has 1 heteroatoms. The highest BCUT2D eigenvalue weighted by atomic mass is 16.6. The summed E-state index contributed by atoms with van der Waals surface area (Å²) in [5.74, 6) is 0.973. The summed E-state index contributed by atoms with van der Waals surface area (Å²) in [5, 5.41) is 0. The van der Waals surface area contributed by atoms with Gasteiger partial charge in [-0.05, 0) is 25.2 Å². The lowest BCUT2D eigenvalue weighted by Crippen LogP contribution is -2.09. The first-order valence-electron chi connectivity index (χ1n) is 4.42. The minimum Gasteiger partial charge on any atom is -0.363 e. The topological polar surface area (TPSA) is 12.5 Å². The van der Waals surface area contributed by atoms with Crippen molar-refractivity contribution >= 4 is 0 Å². The zero-order chi connectivity index (χ0) is 6.97. The van der Waals surface area contributed by atoms with E-state index in [1.807, 2.05) is 0 Å². The molecule has 0 bridgehead atoms. The van der Waals surface area contributed by atoms with E-state index in [2.05, 4.69) is 6.92 Å². The van der Waals surface area contributed by atoms with Gasteiger partial charge in [0.25, 0.3) is 0 Å². The molecule has 2 aliphatic rings. The van der Waals surface area contributed by atoms with Crippen molar-refractivity contribution < 1.29 is 4.74 Å². The van der Waals surface area contributed by atoms with E-state index in [-0.39, 0.29) is 0 Å². The Kier molecular flexibility index (Phi) is 1.69. The molecular weight excluding hydrogens is 124 g/mol. The van der Waals surface area contributed by atoms with Crippen molar-refractivity contribution in [2.24, 2.45) is 5.92 Å². The predicted molar refractivity (Wildman–Crippen MR) is 40.4 cm³/mol. The van der Waals surface area contributed by atoms with Crippen molar-refractivity contribution in [3.8, 4) is 0 Å². The first kappa shape index (κ1) is 6.66. The molecule has 1 saturated carbocycles. The van der Waals surface area contributed by atoms with E-state index >= 15 is 0 Å². The van der Waals surface area contributed by atoms with Crippen LogP contribution in [0.5, 0.6) is 0 Å². The van der Waals surface area contributed by atoms with E-state index in [0.29, 0.717) is 6.10 Å². The Morgan fingerprint density at radius 2 is 2.50 bits per heavy atom. The third kappa shape index (κ3) is 1.20. The first-order chi connectivity index (χ1) is 4.90. The van der Waals surface area contributed by atoms with Gasteiger partial charge in [-0.3, -0.25) is 0 Å². The monoisotopic (exact) mass is 139 g/mol. The molecule has 1 saturated heterocycles. The van der Waals surface area contributed by atoms with Crippen molar-refractivity contribution in [1.29, 1.82) is 0 Å². The summed E-state index contributed by atoms with van der Waals surface area (Å²) in [6, 6.07) is 0. The number of fused-ring (bicyclic) bond motifs is 1. The van der Waals surface area contributed by atoms with Crippen LogP contribution >= 0.6 is 0 Å². The van der Waals surface area contributed by atoms with Gasteiger partial charge in [-0.25, -0.2) is 0 Å². The molecule has 10 heavy (non-hydrogen) atoms. The highest BCUT2D eigenvalue weighted by Gasteiger charge is 2.44. The van der Waals surface area contributed by atoms with Crippen molar-refractivity contribution in [1.82, 2.24) is 0 Å². The van der Waals surface area contributed by atoms with Gasteiger partial charge in [0.15, 0.2) is 0 Å². The Morgan fingerprint density at radius 3 is 3.20 bits per heavy atom. The minimum absolute atomic E-state index is 0.602. The molecule has 2 fully saturated rings. The Labute approximate surface area is 62.8 Å². The van der Waals surface area contributed by atoms with Gasteiger partial charge in [-0.2, -0.15) is 0 Å². The zero-order valence-corrected chi connectivity index (χ0v) is 6.60. The summed E-state index contributed by atoms with van der Waals surface area (Å²) in [7, 11) is 0. The fourth-order valence-corrected chi connectivity index (χ4v) is 1.99. The van der Waals surface area contributed by atoms with Gasteiger partial charge in [0.05, 0.1) is 6.10 Å². The summed E-state index contributed by atoms with van der Waals surface area (Å²) in [5.41, 5.74) is 0. The quantitative estimate of drug-likeness (QED) is 0.535. The number of epoxide rings is 1. The summed E-state index contributed by atoms with van der Waals surface area (Å²) >= 11 is 0. The van der Waals surface area contributed by atoms with E-state index in [1.54, 1.807) is 0 Å². The van der Waals surface area contributed by atoms with Crippen LogP contribution in [0.15, 0.2) is 0 Å². The third-order valence-corrected chi connectivity index (χ3v) is 2.64. The van der Waals surface area contributed by atoms with Crippen LogP contribution in [0, 0.1) is 12.0 Å². The Bertz CT molecular complexity index is 122. The molecule has 0 aromatic heterocycles. The second-order valence-corrected chi connectivity index (χ2v) is 3.50. The zero-order valence-electron chi connectivity index (χ0n) is 6.60. The fraction of sp³-hybridized carbons (Fsp3) is 0.889. The van der Waals surface area contributed by atoms with Crippen LogP contribution in [0.2, 0.25) is 0 Å². The van der Waals surface area contributed by atoms with Crippen molar-refractivity contribution in [2.75, 3.05) is 0 Å². The van der Waals surface area contributed by atoms with E-state index in [9.17, 15) is 0 Å². The van der Waals surface area contributed by atoms with Crippen LogP contribution in [0.4, 0.5) is 0 Å². The molecule has 1 heterocycles. The molecule has 2 atom stereocenters. The summed E-state index contributed by atoms with van der Waals surface area (Å²) < 4.78 is 5.37. The standard InChI is InChI=1S/C9H15O/c1-2-3-7-4-5-8-9(6-7)10-8/h7,9H,2-6H2,1H3. The lowest BCUT2D eigenvalue weighted by molar-refractivity contribution is 0.350. The lowest BCUT2D eigenvalue weighted by atomic mass is 9.86. The molecule has 2 rings (SSSR count). The maximum atomic E-state index is 5.37. The Balaban J connectivity index is 1.77. The van der Waals surface area contributed by atoms with Gasteiger partial charge in [0, 0.05) is 0 Å². The van der Waals surface area contributed by atoms with Gasteiger partial charge in [0.2, 0.25) is 0 Å². The van der Waals surface area contributed by atoms with Crippen LogP contribution in [0.3, 0.4) is 0 Å². The fourth-order valence-electron chi connectivity index (χ4n) is 1.99. The summed E-state index contributed by atoms with van der Waals surface area (Å²) in [4.78, 5) is 0. The molecule has 1 aliphatic carbocycles. The van der Waals surface area contributed by atoms with Gasteiger partial charge in [-0.1, -0.05) is 19.8 Å². The lowest BCUT2D eigenvalue weighted by Gasteiger charge is -2.16. The molecule has 0 aromatic carbocycles. The number of hydrogen-bond donors (Lipinski definition) is 0. The maximum absolute atomic E-state index is 5.37. The van der Waals surface area contributed by atoms with Crippen LogP contribution in [-0.4, -0.2) is 6.10 Å². The maximum Gasteiger partial charge on any atom is 0.126 e. The van der Waals surface area contributed by atoms with E-state index in [0.717, 1.165) is 5.92 Å². The van der Waals surface area contributed by atoms with Crippen molar-refractivity contribution in [2.45, 2.75) is 45.1 Å². The number of rotatable bonds is 2. The van der Waals surface area contributed by atoms with Crippen LogP contribution in [0.1, 0.15) is 39.0 Å². The minimum atomic E-state index is 0.602. The normalized spacial score (nSPS) is 39.3. The molecule has 2 unspecified atom stereocenters. The molecule has 0 aromatic rings. The summed E-state index contributed by atoms with van der Waals surface area (Å²) in [6.45, 7) is 2.27. The van der Waals surface area contributed by atoms with Gasteiger partial charge in [-0.15, -0.1) is 0 Å². The van der Waals surface area contributed by atoms with Crippen LogP contribution < -0.4 is 0 Å². The molecule has 57 valence electrons. The number of ether oxygens (including phenoxy) is 1. The van der Waals surface area contributed by atoms with Gasteiger partial charge >= 0.3 is 0 Å². The molecule has 1 aliphatic heterocycles. The largest absolute Gasteiger partial charge is 0.363 e. The molecule has 0 amide bonds. The predicted octanol–water partition coefficient (Wildman–Crippen LogP) is 2.52. The Morgan fingerprint density at radius 1 is 1.60 bits per heavy atom. The van der Waals surface area contributed by atoms with E-state index < -0.39 is 0 Å². The smallest absolute Gasteiger partial charge is 0.126 e. The average Bonchev–Trinajstić information content (AvgIpc) is 2.66. The third-order valence-electron chi connectivity index (χ3n) is 2.64. The second-order valence-electron chi connectivity index (χ2n) is 3.50. The summed E-state index contributed by atoms with van der Waals surface area (Å²) in [6.07, 6.45) is 8.72. The van der Waals surface area contributed by atoms with Gasteiger partial charge in [0.1, 0.15) is 6.10 Å². The first-order valence-corrected chi connectivity index (χ1v) is 4.42. The number of hydrogen-bond acceptors (Lipinski definition) is 1. The van der Waals surface area contributed by atoms with Gasteiger partial charge < -0.3 is 4.74 Å². The van der Waals surface area contributed by atoms with Crippen molar-refractivity contribution in [3.05, 3.63) is 6.10 Å². The molecule has 1 radical (unpaired) electrons. The molecule has 0 spiro atoms. The Hall–Kier alpha value is -0.0400.